The molecular weight excluding hydrogens is 239 g/mol. The molecule has 0 aliphatic rings. The summed E-state index contributed by atoms with van der Waals surface area (Å²) in [7, 11) is 1.62. The van der Waals surface area contributed by atoms with Crippen LogP contribution in [0.1, 0.15) is 11.1 Å². The van der Waals surface area contributed by atoms with Gasteiger partial charge in [0.15, 0.2) is 6.20 Å². The highest BCUT2D eigenvalue weighted by atomic mass is 19.4. The molecule has 2 aromatic rings. The lowest BCUT2D eigenvalue weighted by molar-refractivity contribution is -0.661. The lowest BCUT2D eigenvalue weighted by atomic mass is 10.0. The van der Waals surface area contributed by atoms with Gasteiger partial charge in [-0.3, -0.25) is 0 Å². The molecule has 0 fully saturated rings. The standard InChI is InChI=1S/C14H13F3N/c1-10-5-3-4-6-12(10)13-8-7-11(9-18(13)2)14(15,16)17/h3-9H,1-2H3/q+1. The van der Waals surface area contributed by atoms with E-state index in [1.807, 2.05) is 31.2 Å². The lowest BCUT2D eigenvalue weighted by Crippen LogP contribution is -2.32. The van der Waals surface area contributed by atoms with Crippen molar-refractivity contribution in [2.45, 2.75) is 13.1 Å². The van der Waals surface area contributed by atoms with Crippen LogP contribution in [0.2, 0.25) is 0 Å². The van der Waals surface area contributed by atoms with Crippen molar-refractivity contribution >= 4 is 0 Å². The Morgan fingerprint density at radius 1 is 1.00 bits per heavy atom. The van der Waals surface area contributed by atoms with E-state index < -0.39 is 11.7 Å². The molecule has 18 heavy (non-hydrogen) atoms. The second kappa shape index (κ2) is 4.44. The number of benzene rings is 1. The van der Waals surface area contributed by atoms with E-state index in [0.29, 0.717) is 0 Å². The summed E-state index contributed by atoms with van der Waals surface area (Å²) < 4.78 is 39.2. The zero-order chi connectivity index (χ0) is 13.3. The third-order valence-electron chi connectivity index (χ3n) is 2.88. The Hall–Kier alpha value is -1.84. The molecule has 1 aromatic heterocycles. The van der Waals surface area contributed by atoms with E-state index in [1.165, 1.54) is 10.6 Å². The van der Waals surface area contributed by atoms with E-state index in [1.54, 1.807) is 7.05 Å². The van der Waals surface area contributed by atoms with E-state index in [9.17, 15) is 13.2 Å². The molecule has 0 aliphatic heterocycles. The van der Waals surface area contributed by atoms with Crippen LogP contribution >= 0.6 is 0 Å². The van der Waals surface area contributed by atoms with E-state index in [2.05, 4.69) is 0 Å². The van der Waals surface area contributed by atoms with Gasteiger partial charge in [0.2, 0.25) is 5.69 Å². The first-order valence-electron chi connectivity index (χ1n) is 5.52. The van der Waals surface area contributed by atoms with Gasteiger partial charge in [-0.1, -0.05) is 18.2 Å². The fourth-order valence-electron chi connectivity index (χ4n) is 1.92. The van der Waals surface area contributed by atoms with Crippen LogP contribution < -0.4 is 4.57 Å². The largest absolute Gasteiger partial charge is 0.422 e. The van der Waals surface area contributed by atoms with Gasteiger partial charge < -0.3 is 0 Å². The Balaban J connectivity index is 2.52. The van der Waals surface area contributed by atoms with Gasteiger partial charge in [0.25, 0.3) is 0 Å². The lowest BCUT2D eigenvalue weighted by Gasteiger charge is -2.07. The second-order valence-corrected chi connectivity index (χ2v) is 4.23. The van der Waals surface area contributed by atoms with Gasteiger partial charge in [-0.15, -0.1) is 0 Å². The van der Waals surface area contributed by atoms with Gasteiger partial charge in [0.05, 0.1) is 0 Å². The Morgan fingerprint density at radius 3 is 2.22 bits per heavy atom. The van der Waals surface area contributed by atoms with Crippen molar-refractivity contribution in [1.29, 1.82) is 0 Å². The van der Waals surface area contributed by atoms with Gasteiger partial charge >= 0.3 is 6.18 Å². The van der Waals surface area contributed by atoms with Crippen LogP contribution in [0.25, 0.3) is 11.3 Å². The summed E-state index contributed by atoms with van der Waals surface area (Å²) in [5, 5.41) is 0. The van der Waals surface area contributed by atoms with Gasteiger partial charge in [-0.2, -0.15) is 13.2 Å². The quantitative estimate of drug-likeness (QED) is 0.684. The van der Waals surface area contributed by atoms with Gasteiger partial charge in [-0.05, 0) is 24.6 Å². The Bertz CT molecular complexity index is 573. The molecule has 0 bridgehead atoms. The van der Waals surface area contributed by atoms with Crippen molar-refractivity contribution in [2.75, 3.05) is 0 Å². The Morgan fingerprint density at radius 2 is 1.67 bits per heavy atom. The number of aromatic nitrogens is 1. The Labute approximate surface area is 104 Å². The van der Waals surface area contributed by atoms with Crippen molar-refractivity contribution in [3.8, 4) is 11.3 Å². The van der Waals surface area contributed by atoms with Crippen LogP contribution in [-0.4, -0.2) is 0 Å². The van der Waals surface area contributed by atoms with Crippen LogP contribution in [0.3, 0.4) is 0 Å². The number of nitrogens with zero attached hydrogens (tertiary/aromatic N) is 1. The molecule has 0 aliphatic carbocycles. The molecule has 0 radical (unpaired) electrons. The van der Waals surface area contributed by atoms with Crippen molar-refractivity contribution < 1.29 is 17.7 Å². The molecule has 1 nitrogen and oxygen atoms in total. The fraction of sp³-hybridized carbons (Fsp3) is 0.214. The molecule has 0 saturated heterocycles. The maximum absolute atomic E-state index is 12.6. The molecule has 0 N–H and O–H groups in total. The highest BCUT2D eigenvalue weighted by Crippen LogP contribution is 2.29. The number of pyridine rings is 1. The summed E-state index contributed by atoms with van der Waals surface area (Å²) in [5.74, 6) is 0. The second-order valence-electron chi connectivity index (χ2n) is 4.23. The van der Waals surface area contributed by atoms with E-state index in [0.717, 1.165) is 29.1 Å². The van der Waals surface area contributed by atoms with Gasteiger partial charge in [0.1, 0.15) is 12.6 Å². The number of hydrogen-bond donors (Lipinski definition) is 0. The van der Waals surface area contributed by atoms with Gasteiger partial charge in [0, 0.05) is 11.6 Å². The number of alkyl halides is 3. The predicted octanol–water partition coefficient (Wildman–Crippen LogP) is 3.51. The smallest absolute Gasteiger partial charge is 0.200 e. The molecule has 94 valence electrons. The minimum absolute atomic E-state index is 0.637. The first-order valence-corrected chi connectivity index (χ1v) is 5.52. The average molecular weight is 252 g/mol. The van der Waals surface area contributed by atoms with Crippen LogP contribution in [0.4, 0.5) is 13.2 Å². The van der Waals surface area contributed by atoms with Crippen molar-refractivity contribution in [3.05, 3.63) is 53.7 Å². The Kier molecular flexibility index (Phi) is 3.11. The molecule has 1 heterocycles. The zero-order valence-electron chi connectivity index (χ0n) is 10.1. The van der Waals surface area contributed by atoms with Crippen molar-refractivity contribution in [1.82, 2.24) is 0 Å². The maximum Gasteiger partial charge on any atom is 0.422 e. The molecule has 2 rings (SSSR count). The van der Waals surface area contributed by atoms with E-state index in [4.69, 9.17) is 0 Å². The average Bonchev–Trinajstić information content (AvgIpc) is 2.29. The minimum atomic E-state index is -4.30. The van der Waals surface area contributed by atoms with Crippen molar-refractivity contribution in [3.63, 3.8) is 0 Å². The normalized spacial score (nSPS) is 11.6. The monoisotopic (exact) mass is 252 g/mol. The van der Waals surface area contributed by atoms with Crippen LogP contribution in [0.5, 0.6) is 0 Å². The summed E-state index contributed by atoms with van der Waals surface area (Å²) >= 11 is 0. The fourth-order valence-corrected chi connectivity index (χ4v) is 1.92. The SMILES string of the molecule is Cc1ccccc1-c1ccc(C(F)(F)F)c[n+]1C. The maximum atomic E-state index is 12.6. The van der Waals surface area contributed by atoms with Crippen molar-refractivity contribution in [2.24, 2.45) is 7.05 Å². The predicted molar refractivity (Wildman–Crippen MR) is 62.8 cm³/mol. The molecule has 0 saturated carbocycles. The molecular formula is C14H13F3N+. The third-order valence-corrected chi connectivity index (χ3v) is 2.88. The number of rotatable bonds is 1. The number of halogens is 3. The zero-order valence-corrected chi connectivity index (χ0v) is 10.1. The molecule has 0 amide bonds. The van der Waals surface area contributed by atoms with Crippen LogP contribution in [0, 0.1) is 6.92 Å². The van der Waals surface area contributed by atoms with E-state index >= 15 is 0 Å². The highest BCUT2D eigenvalue weighted by Gasteiger charge is 2.33. The van der Waals surface area contributed by atoms with E-state index in [-0.39, 0.29) is 0 Å². The summed E-state index contributed by atoms with van der Waals surface area (Å²) in [6, 6.07) is 10.2. The van der Waals surface area contributed by atoms with Crippen LogP contribution in [0.15, 0.2) is 42.6 Å². The summed E-state index contributed by atoms with van der Waals surface area (Å²) in [4.78, 5) is 0. The highest BCUT2D eigenvalue weighted by molar-refractivity contribution is 5.60. The summed E-state index contributed by atoms with van der Waals surface area (Å²) in [6.45, 7) is 1.94. The molecule has 0 unspecified atom stereocenters. The summed E-state index contributed by atoms with van der Waals surface area (Å²) in [5.41, 5.74) is 2.10. The molecule has 0 spiro atoms. The number of aryl methyl sites for hydroxylation is 2. The number of hydrogen-bond acceptors (Lipinski definition) is 0. The first kappa shape index (κ1) is 12.6. The molecule has 0 atom stereocenters. The first-order chi connectivity index (χ1) is 8.39. The summed E-state index contributed by atoms with van der Waals surface area (Å²) in [6.07, 6.45) is -3.19. The topological polar surface area (TPSA) is 3.88 Å². The van der Waals surface area contributed by atoms with Gasteiger partial charge in [-0.25, -0.2) is 4.57 Å². The van der Waals surface area contributed by atoms with Crippen LogP contribution in [-0.2, 0) is 13.2 Å². The minimum Gasteiger partial charge on any atom is -0.200 e. The molecule has 4 heteroatoms. The third kappa shape index (κ3) is 2.37. The molecule has 1 aromatic carbocycles.